The van der Waals surface area contributed by atoms with Crippen molar-refractivity contribution in [3.8, 4) is 11.3 Å². The van der Waals surface area contributed by atoms with E-state index >= 15 is 0 Å². The van der Waals surface area contributed by atoms with E-state index in [1.165, 1.54) is 0 Å². The predicted molar refractivity (Wildman–Crippen MR) is 129 cm³/mol. The SMILES string of the molecule is N[N+]12C=CN=CC1=C(c1ccc3ccc(-c4ccccc4)nc3c1)N=C2C1C2CC(O)CC21. The van der Waals surface area contributed by atoms with E-state index < -0.39 is 0 Å². The Morgan fingerprint density at radius 2 is 1.73 bits per heavy atom. The molecule has 2 aliphatic heterocycles. The van der Waals surface area contributed by atoms with E-state index in [1.807, 2.05) is 30.6 Å². The van der Waals surface area contributed by atoms with Crippen LogP contribution in [0.25, 0.3) is 27.9 Å². The first kappa shape index (κ1) is 19.1. The number of aromatic nitrogens is 1. The van der Waals surface area contributed by atoms with E-state index in [0.29, 0.717) is 17.8 Å². The smallest absolute Gasteiger partial charge is 0.236 e. The zero-order chi connectivity index (χ0) is 22.2. The van der Waals surface area contributed by atoms with E-state index in [0.717, 1.165) is 57.8 Å². The Morgan fingerprint density at radius 1 is 0.939 bits per heavy atom. The second kappa shape index (κ2) is 6.78. The summed E-state index contributed by atoms with van der Waals surface area (Å²) in [4.78, 5) is 14.4. The van der Waals surface area contributed by atoms with Crippen LogP contribution in [0.4, 0.5) is 0 Å². The van der Waals surface area contributed by atoms with Gasteiger partial charge in [-0.2, -0.15) is 10.8 Å². The van der Waals surface area contributed by atoms with Crippen LogP contribution in [0.5, 0.6) is 0 Å². The zero-order valence-electron chi connectivity index (χ0n) is 18.0. The number of aliphatic hydroxyl groups excluding tert-OH is 1. The highest BCUT2D eigenvalue weighted by Gasteiger charge is 2.64. The van der Waals surface area contributed by atoms with Crippen LogP contribution in [-0.2, 0) is 0 Å². The van der Waals surface area contributed by atoms with Crippen molar-refractivity contribution >= 4 is 28.7 Å². The molecule has 2 aromatic carbocycles. The molecule has 0 radical (unpaired) electrons. The molecule has 2 aliphatic carbocycles. The number of amidine groups is 1. The van der Waals surface area contributed by atoms with Gasteiger partial charge in [-0.15, -0.1) is 4.59 Å². The van der Waals surface area contributed by atoms with Crippen molar-refractivity contribution in [1.29, 1.82) is 0 Å². The molecule has 2 fully saturated rings. The van der Waals surface area contributed by atoms with Crippen molar-refractivity contribution < 1.29 is 9.70 Å². The summed E-state index contributed by atoms with van der Waals surface area (Å²) in [5.74, 6) is 9.18. The van der Waals surface area contributed by atoms with Gasteiger partial charge in [-0.05, 0) is 36.8 Å². The molecule has 1 aromatic heterocycles. The number of hydrogen-bond donors (Lipinski definition) is 2. The molecule has 0 saturated heterocycles. The molecule has 0 bridgehead atoms. The van der Waals surface area contributed by atoms with E-state index in [-0.39, 0.29) is 10.7 Å². The van der Waals surface area contributed by atoms with Gasteiger partial charge in [0, 0.05) is 16.5 Å². The Labute approximate surface area is 191 Å². The van der Waals surface area contributed by atoms with Gasteiger partial charge in [-0.25, -0.2) is 4.98 Å². The Kier molecular flexibility index (Phi) is 3.91. The zero-order valence-corrected chi connectivity index (χ0v) is 18.0. The lowest BCUT2D eigenvalue weighted by atomic mass is 10.1. The number of nitrogens with two attached hydrogens (primary N) is 1. The third-order valence-corrected chi connectivity index (χ3v) is 7.58. The monoisotopic (exact) mass is 434 g/mol. The summed E-state index contributed by atoms with van der Waals surface area (Å²) >= 11 is 0. The average Bonchev–Trinajstić information content (AvgIpc) is 3.18. The molecule has 2 saturated carbocycles. The quantitative estimate of drug-likeness (QED) is 0.478. The third kappa shape index (κ3) is 2.82. The minimum atomic E-state index is -0.180. The van der Waals surface area contributed by atoms with Crippen LogP contribution in [0, 0.1) is 17.8 Å². The minimum absolute atomic E-state index is 0.0854. The number of rotatable bonds is 3. The summed E-state index contributed by atoms with van der Waals surface area (Å²) in [5, 5.41) is 11.1. The molecule has 162 valence electrons. The molecule has 3 atom stereocenters. The molecule has 3 aromatic rings. The summed E-state index contributed by atoms with van der Waals surface area (Å²) in [6.45, 7) is 0. The van der Waals surface area contributed by atoms with Gasteiger partial charge in [-0.3, -0.25) is 4.99 Å². The first-order valence-electron chi connectivity index (χ1n) is 11.5. The lowest BCUT2D eigenvalue weighted by molar-refractivity contribution is -0.753. The van der Waals surface area contributed by atoms with Gasteiger partial charge < -0.3 is 5.11 Å². The molecular formula is C27H24N5O+. The van der Waals surface area contributed by atoms with Crippen LogP contribution in [-0.4, -0.2) is 32.8 Å². The Hall–Kier alpha value is -3.45. The van der Waals surface area contributed by atoms with Crippen LogP contribution in [0.3, 0.4) is 0 Å². The highest BCUT2D eigenvalue weighted by molar-refractivity contribution is 6.02. The van der Waals surface area contributed by atoms with Gasteiger partial charge in [-0.1, -0.05) is 48.5 Å². The molecule has 3 unspecified atom stereocenters. The molecule has 3 heterocycles. The number of fused-ring (bicyclic) bond motifs is 3. The molecule has 3 N–H and O–H groups in total. The molecule has 0 amide bonds. The van der Waals surface area contributed by atoms with Gasteiger partial charge in [0.2, 0.25) is 11.5 Å². The topological polar surface area (TPSA) is 83.9 Å². The van der Waals surface area contributed by atoms with Crippen molar-refractivity contribution in [1.82, 2.24) is 4.98 Å². The summed E-state index contributed by atoms with van der Waals surface area (Å²) < 4.78 is 0.0854. The van der Waals surface area contributed by atoms with Gasteiger partial charge in [0.1, 0.15) is 11.9 Å². The fraction of sp³-hybridized carbons (Fsp3) is 0.222. The van der Waals surface area contributed by atoms with E-state index in [1.54, 1.807) is 6.20 Å². The Balaban J connectivity index is 1.32. The summed E-state index contributed by atoms with van der Waals surface area (Å²) in [6, 6.07) is 20.7. The van der Waals surface area contributed by atoms with Gasteiger partial charge in [0.25, 0.3) is 0 Å². The van der Waals surface area contributed by atoms with Crippen molar-refractivity contribution in [3.05, 3.63) is 84.3 Å². The standard InChI is InChI=1S/C27H24N5O/c28-32-11-10-29-15-24(32)26(31-27(32)25-20-13-19(33)14-21(20)25)18-7-6-17-8-9-22(30-23(17)12-18)16-4-2-1-3-5-16/h1-12,15,19-21,25,33H,13-14,28H2/q+1. The Morgan fingerprint density at radius 3 is 2.55 bits per heavy atom. The fourth-order valence-electron chi connectivity index (χ4n) is 5.89. The second-order valence-electron chi connectivity index (χ2n) is 9.51. The molecule has 6 heteroatoms. The molecular weight excluding hydrogens is 410 g/mol. The third-order valence-electron chi connectivity index (χ3n) is 7.58. The number of aliphatic imine (C=N–C) groups is 2. The van der Waals surface area contributed by atoms with Crippen molar-refractivity contribution in [2.75, 3.05) is 0 Å². The maximum atomic E-state index is 9.99. The molecule has 4 aliphatic rings. The number of nitrogens with zero attached hydrogens (tertiary/aromatic N) is 4. The Bertz CT molecular complexity index is 1410. The van der Waals surface area contributed by atoms with Crippen molar-refractivity contribution in [3.63, 3.8) is 0 Å². The van der Waals surface area contributed by atoms with Gasteiger partial charge >= 0.3 is 0 Å². The number of allylic oxidation sites excluding steroid dienone is 1. The molecule has 6 nitrogen and oxygen atoms in total. The van der Waals surface area contributed by atoms with Crippen LogP contribution < -0.4 is 5.84 Å². The number of hydrogen-bond acceptors (Lipinski definition) is 5. The lowest BCUT2D eigenvalue weighted by Gasteiger charge is -2.27. The summed E-state index contributed by atoms with van der Waals surface area (Å²) in [7, 11) is 0. The maximum Gasteiger partial charge on any atom is 0.236 e. The van der Waals surface area contributed by atoms with Crippen molar-refractivity contribution in [2.24, 2.45) is 33.6 Å². The highest BCUT2D eigenvalue weighted by Crippen LogP contribution is 2.60. The van der Waals surface area contributed by atoms with Crippen LogP contribution in [0.2, 0.25) is 0 Å². The van der Waals surface area contributed by atoms with Gasteiger partial charge in [0.15, 0.2) is 0 Å². The molecule has 7 rings (SSSR count). The number of pyridine rings is 1. The second-order valence-corrected chi connectivity index (χ2v) is 9.51. The van der Waals surface area contributed by atoms with E-state index in [9.17, 15) is 5.11 Å². The maximum absolute atomic E-state index is 9.99. The molecule has 33 heavy (non-hydrogen) atoms. The average molecular weight is 435 g/mol. The number of aliphatic hydroxyl groups is 1. The predicted octanol–water partition coefficient (Wildman–Crippen LogP) is 4.25. The number of quaternary nitrogens is 1. The summed E-state index contributed by atoms with van der Waals surface area (Å²) in [5.41, 5.74) is 5.71. The first-order valence-corrected chi connectivity index (χ1v) is 11.5. The normalized spacial score (nSPS) is 31.6. The number of benzene rings is 2. The van der Waals surface area contributed by atoms with E-state index in [4.69, 9.17) is 15.8 Å². The van der Waals surface area contributed by atoms with Crippen molar-refractivity contribution in [2.45, 2.75) is 18.9 Å². The first-order chi connectivity index (χ1) is 16.1. The van der Waals surface area contributed by atoms with Crippen LogP contribution >= 0.6 is 0 Å². The fourth-order valence-corrected chi connectivity index (χ4v) is 5.89. The highest BCUT2D eigenvalue weighted by atomic mass is 16.3. The summed E-state index contributed by atoms with van der Waals surface area (Å²) in [6.07, 6.45) is 7.01. The van der Waals surface area contributed by atoms with Crippen LogP contribution in [0.15, 0.2) is 88.7 Å². The van der Waals surface area contributed by atoms with E-state index in [2.05, 4.69) is 47.5 Å². The minimum Gasteiger partial charge on any atom is -0.393 e. The largest absolute Gasteiger partial charge is 0.393 e. The lowest BCUT2D eigenvalue weighted by Crippen LogP contribution is -2.54. The van der Waals surface area contributed by atoms with Gasteiger partial charge in [0.05, 0.1) is 35.6 Å². The molecule has 0 spiro atoms. The van der Waals surface area contributed by atoms with Crippen LogP contribution in [0.1, 0.15) is 18.4 Å².